The average molecular weight is 383 g/mol. The molecule has 1 fully saturated rings. The highest BCUT2D eigenvalue weighted by Gasteiger charge is 2.18. The number of nitrogens with zero attached hydrogens (tertiary/aromatic N) is 1. The summed E-state index contributed by atoms with van der Waals surface area (Å²) in [6.07, 6.45) is 10.4. The molecule has 6 nitrogen and oxygen atoms in total. The van der Waals surface area contributed by atoms with Gasteiger partial charge in [-0.2, -0.15) is 5.10 Å². The van der Waals surface area contributed by atoms with Crippen molar-refractivity contribution in [1.29, 1.82) is 0 Å². The molecule has 1 aromatic heterocycles. The average Bonchev–Trinajstić information content (AvgIpc) is 3.22. The van der Waals surface area contributed by atoms with Crippen molar-refractivity contribution < 1.29 is 14.3 Å². The summed E-state index contributed by atoms with van der Waals surface area (Å²) in [6, 6.07) is 7.87. The Morgan fingerprint density at radius 3 is 2.79 bits per heavy atom. The molecule has 1 heterocycles. The smallest absolute Gasteiger partial charge is 0.244 e. The van der Waals surface area contributed by atoms with E-state index in [2.05, 4.69) is 22.4 Å². The second kappa shape index (κ2) is 9.97. The van der Waals surface area contributed by atoms with Gasteiger partial charge < -0.3 is 14.8 Å². The first-order valence-corrected chi connectivity index (χ1v) is 9.92. The van der Waals surface area contributed by atoms with Gasteiger partial charge in [-0.25, -0.2) is 0 Å². The maximum Gasteiger partial charge on any atom is 0.244 e. The molecule has 28 heavy (non-hydrogen) atoms. The van der Waals surface area contributed by atoms with E-state index in [0.29, 0.717) is 30.6 Å². The van der Waals surface area contributed by atoms with Crippen molar-refractivity contribution >= 4 is 12.0 Å². The number of H-pyrrole nitrogens is 1. The van der Waals surface area contributed by atoms with Crippen molar-refractivity contribution in [3.8, 4) is 11.5 Å². The van der Waals surface area contributed by atoms with Gasteiger partial charge >= 0.3 is 0 Å². The zero-order valence-electron chi connectivity index (χ0n) is 16.6. The Labute approximate surface area is 166 Å². The third kappa shape index (κ3) is 5.87. The molecule has 0 saturated heterocycles. The molecule has 3 rings (SSSR count). The monoisotopic (exact) mass is 383 g/mol. The summed E-state index contributed by atoms with van der Waals surface area (Å²) in [6.45, 7) is 2.79. The van der Waals surface area contributed by atoms with Gasteiger partial charge in [0.05, 0.1) is 19.4 Å². The molecule has 0 aliphatic heterocycles. The van der Waals surface area contributed by atoms with Crippen LogP contribution in [0.1, 0.15) is 43.9 Å². The molecule has 2 aromatic rings. The third-order valence-corrected chi connectivity index (χ3v) is 5.15. The Bertz CT molecular complexity index is 778. The predicted octanol–water partition coefficient (Wildman–Crippen LogP) is 3.75. The molecular weight excluding hydrogens is 354 g/mol. The summed E-state index contributed by atoms with van der Waals surface area (Å²) in [4.78, 5) is 12.2. The fraction of sp³-hybridized carbons (Fsp3) is 0.455. The van der Waals surface area contributed by atoms with Gasteiger partial charge in [-0.15, -0.1) is 0 Å². The van der Waals surface area contributed by atoms with E-state index in [4.69, 9.17) is 9.47 Å². The fourth-order valence-electron chi connectivity index (χ4n) is 3.43. The Morgan fingerprint density at radius 1 is 1.25 bits per heavy atom. The quantitative estimate of drug-likeness (QED) is 0.681. The van der Waals surface area contributed by atoms with E-state index in [-0.39, 0.29) is 5.91 Å². The molecule has 1 amide bonds. The Hall–Kier alpha value is -2.76. The summed E-state index contributed by atoms with van der Waals surface area (Å²) in [5, 5.41) is 10.00. The fourth-order valence-corrected chi connectivity index (χ4v) is 3.43. The molecule has 0 radical (unpaired) electrons. The highest BCUT2D eigenvalue weighted by molar-refractivity contribution is 5.92. The van der Waals surface area contributed by atoms with Gasteiger partial charge in [0.15, 0.2) is 11.5 Å². The second-order valence-corrected chi connectivity index (χ2v) is 7.37. The van der Waals surface area contributed by atoms with Gasteiger partial charge in [0.25, 0.3) is 0 Å². The maximum absolute atomic E-state index is 12.2. The number of aromatic amines is 1. The van der Waals surface area contributed by atoms with Crippen LogP contribution in [0.5, 0.6) is 11.5 Å². The first-order valence-electron chi connectivity index (χ1n) is 9.92. The number of methoxy groups -OCH3 is 1. The van der Waals surface area contributed by atoms with Crippen LogP contribution in [-0.2, 0) is 11.2 Å². The molecule has 0 atom stereocenters. The standard InChI is InChI=1S/C22H29N3O3/c1-16-3-7-18(8-4-16)24-22(26)10-6-17-5-9-20(21(15-17)27-2)28-14-12-19-11-13-23-25-19/h5-6,9-11,13,15-16,18H,3-4,7-8,12,14H2,1-2H3,(H,23,25)(H,24,26)/b10-6+/t16-,18-. The minimum atomic E-state index is -0.0437. The van der Waals surface area contributed by atoms with Crippen molar-refractivity contribution in [3.63, 3.8) is 0 Å². The SMILES string of the molecule is COc1cc(/C=C/C(=O)N[C@H]2CC[C@H](C)CC2)ccc1OCCc1cc[nH]n1. The molecule has 0 unspecified atom stereocenters. The first kappa shape index (κ1) is 20.0. The molecule has 1 saturated carbocycles. The molecular formula is C22H29N3O3. The molecule has 6 heteroatoms. The molecule has 0 bridgehead atoms. The lowest BCUT2D eigenvalue weighted by Gasteiger charge is -2.26. The number of aromatic nitrogens is 2. The lowest BCUT2D eigenvalue weighted by molar-refractivity contribution is -0.117. The lowest BCUT2D eigenvalue weighted by atomic mass is 9.87. The Balaban J connectivity index is 1.52. The maximum atomic E-state index is 12.2. The van der Waals surface area contributed by atoms with Crippen LogP contribution < -0.4 is 14.8 Å². The van der Waals surface area contributed by atoms with Gasteiger partial charge in [0.1, 0.15) is 0 Å². The van der Waals surface area contributed by atoms with E-state index in [1.807, 2.05) is 24.3 Å². The zero-order chi connectivity index (χ0) is 19.8. The largest absolute Gasteiger partial charge is 0.493 e. The van der Waals surface area contributed by atoms with Crippen LogP contribution in [0.4, 0.5) is 0 Å². The predicted molar refractivity (Wildman–Crippen MR) is 109 cm³/mol. The van der Waals surface area contributed by atoms with E-state index in [1.54, 1.807) is 25.5 Å². The minimum absolute atomic E-state index is 0.0437. The van der Waals surface area contributed by atoms with Gasteiger partial charge in [-0.1, -0.05) is 13.0 Å². The van der Waals surface area contributed by atoms with E-state index < -0.39 is 0 Å². The van der Waals surface area contributed by atoms with Crippen LogP contribution >= 0.6 is 0 Å². The number of carbonyl (C=O) groups is 1. The second-order valence-electron chi connectivity index (χ2n) is 7.37. The van der Waals surface area contributed by atoms with E-state index in [9.17, 15) is 4.79 Å². The Morgan fingerprint density at radius 2 is 2.07 bits per heavy atom. The third-order valence-electron chi connectivity index (χ3n) is 5.15. The van der Waals surface area contributed by atoms with Crippen LogP contribution in [0.2, 0.25) is 0 Å². The number of benzene rings is 1. The van der Waals surface area contributed by atoms with Gasteiger partial charge in [0.2, 0.25) is 5.91 Å². The van der Waals surface area contributed by atoms with Gasteiger partial charge in [0, 0.05) is 24.7 Å². The summed E-state index contributed by atoms with van der Waals surface area (Å²) in [5.41, 5.74) is 1.85. The topological polar surface area (TPSA) is 76.2 Å². The molecule has 150 valence electrons. The van der Waals surface area contributed by atoms with Crippen LogP contribution in [0, 0.1) is 5.92 Å². The molecule has 1 aliphatic rings. The molecule has 1 aromatic carbocycles. The lowest BCUT2D eigenvalue weighted by Crippen LogP contribution is -2.36. The summed E-state index contributed by atoms with van der Waals surface area (Å²) >= 11 is 0. The van der Waals surface area contributed by atoms with Crippen molar-refractivity contribution in [2.75, 3.05) is 13.7 Å². The van der Waals surface area contributed by atoms with Crippen LogP contribution in [0.3, 0.4) is 0 Å². The van der Waals surface area contributed by atoms with E-state index >= 15 is 0 Å². The molecule has 0 spiro atoms. The number of amides is 1. The van der Waals surface area contributed by atoms with Crippen molar-refractivity contribution in [1.82, 2.24) is 15.5 Å². The van der Waals surface area contributed by atoms with Gasteiger partial charge in [-0.05, 0) is 61.4 Å². The molecule has 1 aliphatic carbocycles. The summed E-state index contributed by atoms with van der Waals surface area (Å²) < 4.78 is 11.2. The number of nitrogens with one attached hydrogen (secondary N) is 2. The highest BCUT2D eigenvalue weighted by atomic mass is 16.5. The highest BCUT2D eigenvalue weighted by Crippen LogP contribution is 2.29. The van der Waals surface area contributed by atoms with E-state index in [1.165, 1.54) is 12.8 Å². The van der Waals surface area contributed by atoms with Crippen molar-refractivity contribution in [3.05, 3.63) is 47.8 Å². The van der Waals surface area contributed by atoms with Gasteiger partial charge in [-0.3, -0.25) is 9.89 Å². The minimum Gasteiger partial charge on any atom is -0.493 e. The zero-order valence-corrected chi connectivity index (χ0v) is 16.6. The van der Waals surface area contributed by atoms with E-state index in [0.717, 1.165) is 30.0 Å². The van der Waals surface area contributed by atoms with Crippen molar-refractivity contribution in [2.45, 2.75) is 45.1 Å². The Kier molecular flexibility index (Phi) is 7.12. The number of hydrogen-bond donors (Lipinski definition) is 2. The number of carbonyl (C=O) groups excluding carboxylic acids is 1. The number of hydrogen-bond acceptors (Lipinski definition) is 4. The van der Waals surface area contributed by atoms with Crippen LogP contribution in [-0.4, -0.2) is 35.9 Å². The molecule has 2 N–H and O–H groups in total. The van der Waals surface area contributed by atoms with Crippen LogP contribution in [0.15, 0.2) is 36.5 Å². The summed E-state index contributed by atoms with van der Waals surface area (Å²) in [7, 11) is 1.61. The van der Waals surface area contributed by atoms with Crippen molar-refractivity contribution in [2.24, 2.45) is 5.92 Å². The number of rotatable bonds is 8. The number of ether oxygens (including phenoxy) is 2. The first-order chi connectivity index (χ1) is 13.6. The van der Waals surface area contributed by atoms with Crippen LogP contribution in [0.25, 0.3) is 6.08 Å². The summed E-state index contributed by atoms with van der Waals surface area (Å²) in [5.74, 6) is 2.05. The normalized spacial score (nSPS) is 19.5.